The molecule has 1 aliphatic heterocycles. The maximum atomic E-state index is 14.1. The van der Waals surface area contributed by atoms with Crippen molar-refractivity contribution in [2.75, 3.05) is 40.3 Å². The highest BCUT2D eigenvalue weighted by Gasteiger charge is 2.43. The zero-order chi connectivity index (χ0) is 26.3. The molecule has 12 heteroatoms. The molecule has 1 aliphatic rings. The van der Waals surface area contributed by atoms with Gasteiger partial charge in [-0.25, -0.2) is 19.4 Å². The van der Waals surface area contributed by atoms with Crippen molar-refractivity contribution in [1.29, 1.82) is 0 Å². The number of nitrogens with two attached hydrogens (primary N) is 2. The number of amides is 1. The van der Waals surface area contributed by atoms with Crippen LogP contribution in [-0.4, -0.2) is 83.2 Å². The Balaban J connectivity index is 2.24. The molecule has 1 aromatic rings. The van der Waals surface area contributed by atoms with E-state index in [-0.39, 0.29) is 25.4 Å². The van der Waals surface area contributed by atoms with E-state index in [1.165, 1.54) is 14.8 Å². The molecule has 35 heavy (non-hydrogen) atoms. The van der Waals surface area contributed by atoms with E-state index in [1.54, 1.807) is 26.2 Å². The third-order valence-electron chi connectivity index (χ3n) is 5.84. The lowest BCUT2D eigenvalue weighted by Gasteiger charge is -2.36. The number of pyridine rings is 1. The molecule has 2 heterocycles. The number of carbonyl (C=O) groups is 2. The molecular formula is C23H36F2N6O4. The molecule has 1 unspecified atom stereocenters. The number of nitrogens with zero attached hydrogens (tertiary/aromatic N) is 4. The number of rotatable bonds is 10. The molecule has 0 aromatic carbocycles. The van der Waals surface area contributed by atoms with Crippen LogP contribution in [-0.2, 0) is 22.5 Å². The average Bonchev–Trinajstić information content (AvgIpc) is 2.77. The molecule has 196 valence electrons. The molecule has 5 N–H and O–H groups in total. The predicted octanol–water partition coefficient (Wildman–Crippen LogP) is 2.10. The van der Waals surface area contributed by atoms with Crippen LogP contribution in [0, 0.1) is 5.92 Å². The van der Waals surface area contributed by atoms with Gasteiger partial charge in [0.25, 0.3) is 5.92 Å². The second-order valence-corrected chi connectivity index (χ2v) is 8.87. The van der Waals surface area contributed by atoms with Gasteiger partial charge < -0.3 is 25.5 Å². The fraction of sp³-hybridized carbons (Fsp3) is 0.609. The van der Waals surface area contributed by atoms with Crippen LogP contribution in [0.25, 0.3) is 5.70 Å². The SMILES string of the molecule is CCCN(C)C(=O)OC/C(=C(/N)c1ccc(CN2CC(C(=O)O)CC(F)(F)C2)c(CC)n1)N(C)N. The number of alkyl halides is 2. The topological polar surface area (TPSA) is 138 Å². The number of hydrazine groups is 1. The smallest absolute Gasteiger partial charge is 0.409 e. The van der Waals surface area contributed by atoms with E-state index in [4.69, 9.17) is 16.3 Å². The first-order valence-electron chi connectivity index (χ1n) is 11.6. The molecule has 1 saturated heterocycles. The summed E-state index contributed by atoms with van der Waals surface area (Å²) >= 11 is 0. The number of carboxylic acids is 1. The van der Waals surface area contributed by atoms with Crippen molar-refractivity contribution < 1.29 is 28.2 Å². The Morgan fingerprint density at radius 1 is 1.31 bits per heavy atom. The van der Waals surface area contributed by atoms with Crippen molar-refractivity contribution >= 4 is 17.8 Å². The van der Waals surface area contributed by atoms with Gasteiger partial charge in [-0.05, 0) is 24.5 Å². The number of aliphatic carboxylic acids is 1. The molecule has 0 bridgehead atoms. The standard InChI is InChI=1S/C23H36F2N6O4/c1-5-9-29(3)22(34)35-13-19(30(4)27)20(26)18-8-7-15(17(6-2)28-18)11-31-12-16(21(32)33)10-23(24,25)14-31/h7-8,16H,5-6,9-14,26-27H2,1-4H3,(H,32,33)/b20-19-. The summed E-state index contributed by atoms with van der Waals surface area (Å²) in [6.45, 7) is 3.89. The van der Waals surface area contributed by atoms with Gasteiger partial charge in [-0.15, -0.1) is 0 Å². The lowest BCUT2D eigenvalue weighted by atomic mass is 9.94. The summed E-state index contributed by atoms with van der Waals surface area (Å²) in [5, 5.41) is 10.5. The third kappa shape index (κ3) is 7.76. The minimum atomic E-state index is -3.07. The van der Waals surface area contributed by atoms with Crippen LogP contribution in [0.1, 0.15) is 43.6 Å². The number of carbonyl (C=O) groups excluding carboxylic acids is 1. The second-order valence-electron chi connectivity index (χ2n) is 8.87. The van der Waals surface area contributed by atoms with Gasteiger partial charge >= 0.3 is 12.1 Å². The van der Waals surface area contributed by atoms with E-state index < -0.39 is 36.9 Å². The highest BCUT2D eigenvalue weighted by Crippen LogP contribution is 2.32. The Morgan fingerprint density at radius 3 is 2.57 bits per heavy atom. The molecule has 0 aliphatic carbocycles. The van der Waals surface area contributed by atoms with E-state index in [0.717, 1.165) is 6.42 Å². The highest BCUT2D eigenvalue weighted by atomic mass is 19.3. The molecule has 10 nitrogen and oxygen atoms in total. The molecule has 1 fully saturated rings. The lowest BCUT2D eigenvalue weighted by Crippen LogP contribution is -2.48. The lowest BCUT2D eigenvalue weighted by molar-refractivity contribution is -0.153. The zero-order valence-electron chi connectivity index (χ0n) is 20.8. The summed E-state index contributed by atoms with van der Waals surface area (Å²) in [5.41, 5.74) is 8.65. The van der Waals surface area contributed by atoms with Crippen LogP contribution in [0.3, 0.4) is 0 Å². The summed E-state index contributed by atoms with van der Waals surface area (Å²) in [5.74, 6) is 0.494. The number of hydrogen-bond donors (Lipinski definition) is 3. The Hall–Kier alpha value is -2.99. The first-order chi connectivity index (χ1) is 16.4. The molecule has 0 spiro atoms. The number of likely N-dealkylation sites (tertiary alicyclic amines) is 1. The van der Waals surface area contributed by atoms with Crippen molar-refractivity contribution in [3.8, 4) is 0 Å². The zero-order valence-corrected chi connectivity index (χ0v) is 20.8. The minimum Gasteiger partial charge on any atom is -0.481 e. The first kappa shape index (κ1) is 28.2. The number of likely N-dealkylation sites (N-methyl/N-ethyl adjacent to an activating group) is 1. The molecule has 1 atom stereocenters. The van der Waals surface area contributed by atoms with Crippen molar-refractivity contribution in [1.82, 2.24) is 19.8 Å². The number of piperidine rings is 1. The minimum absolute atomic E-state index is 0.0395. The van der Waals surface area contributed by atoms with E-state index >= 15 is 0 Å². The highest BCUT2D eigenvalue weighted by molar-refractivity contribution is 5.70. The summed E-state index contributed by atoms with van der Waals surface area (Å²) in [4.78, 5) is 31.0. The van der Waals surface area contributed by atoms with Gasteiger partial charge in [0.05, 0.1) is 29.6 Å². The van der Waals surface area contributed by atoms with Gasteiger partial charge in [0.1, 0.15) is 6.61 Å². The van der Waals surface area contributed by atoms with E-state index in [1.807, 2.05) is 13.8 Å². The van der Waals surface area contributed by atoms with Gasteiger partial charge in [0.2, 0.25) is 0 Å². The van der Waals surface area contributed by atoms with E-state index in [0.29, 0.717) is 35.6 Å². The average molecular weight is 499 g/mol. The van der Waals surface area contributed by atoms with Crippen molar-refractivity contribution in [3.63, 3.8) is 0 Å². The molecular weight excluding hydrogens is 462 g/mol. The Kier molecular flexibility index (Phi) is 9.78. The predicted molar refractivity (Wildman–Crippen MR) is 127 cm³/mol. The number of halogens is 2. The van der Waals surface area contributed by atoms with Crippen LogP contribution in [0.5, 0.6) is 0 Å². The number of aromatic nitrogens is 1. The maximum Gasteiger partial charge on any atom is 0.409 e. The molecule has 0 radical (unpaired) electrons. The van der Waals surface area contributed by atoms with Gasteiger partial charge in [-0.2, -0.15) is 0 Å². The fourth-order valence-corrected chi connectivity index (χ4v) is 4.03. The maximum absolute atomic E-state index is 14.1. The van der Waals surface area contributed by atoms with Gasteiger partial charge in [-0.1, -0.05) is 19.9 Å². The Morgan fingerprint density at radius 2 is 2.00 bits per heavy atom. The third-order valence-corrected chi connectivity index (χ3v) is 5.84. The summed E-state index contributed by atoms with van der Waals surface area (Å²) in [7, 11) is 3.20. The summed E-state index contributed by atoms with van der Waals surface area (Å²) < 4.78 is 33.5. The normalized spacial score (nSPS) is 18.5. The van der Waals surface area contributed by atoms with Crippen LogP contribution in [0.2, 0.25) is 0 Å². The number of ether oxygens (including phenoxy) is 1. The molecule has 0 saturated carbocycles. The number of aryl methyl sites for hydroxylation is 1. The fourth-order valence-electron chi connectivity index (χ4n) is 4.03. The van der Waals surface area contributed by atoms with Crippen molar-refractivity contribution in [2.45, 2.75) is 45.6 Å². The quantitative estimate of drug-likeness (QED) is 0.327. The summed E-state index contributed by atoms with van der Waals surface area (Å²) in [6.07, 6.45) is 0.129. The van der Waals surface area contributed by atoms with Gasteiger partial charge in [0.15, 0.2) is 0 Å². The second kappa shape index (κ2) is 12.1. The number of carboxylic acid groups (broad SMARTS) is 1. The van der Waals surface area contributed by atoms with Crippen LogP contribution in [0.4, 0.5) is 13.6 Å². The summed E-state index contributed by atoms with van der Waals surface area (Å²) in [6, 6.07) is 3.39. The van der Waals surface area contributed by atoms with Crippen molar-refractivity contribution in [2.24, 2.45) is 17.5 Å². The Bertz CT molecular complexity index is 941. The van der Waals surface area contributed by atoms with E-state index in [9.17, 15) is 23.5 Å². The van der Waals surface area contributed by atoms with Crippen molar-refractivity contribution in [3.05, 3.63) is 34.8 Å². The van der Waals surface area contributed by atoms with E-state index in [2.05, 4.69) is 4.98 Å². The monoisotopic (exact) mass is 498 g/mol. The number of hydrogen-bond acceptors (Lipinski definition) is 8. The van der Waals surface area contributed by atoms with Crippen LogP contribution in [0.15, 0.2) is 17.8 Å². The largest absolute Gasteiger partial charge is 0.481 e. The first-order valence-corrected chi connectivity index (χ1v) is 11.6. The molecule has 2 rings (SSSR count). The van der Waals surface area contributed by atoms with Gasteiger partial charge in [0, 0.05) is 45.8 Å². The molecule has 1 aromatic heterocycles. The molecule has 1 amide bonds. The van der Waals surface area contributed by atoms with Crippen LogP contribution < -0.4 is 11.6 Å². The Labute approximate surface area is 204 Å². The van der Waals surface area contributed by atoms with Gasteiger partial charge in [-0.3, -0.25) is 14.7 Å². The van der Waals surface area contributed by atoms with Crippen LogP contribution >= 0.6 is 0 Å².